The summed E-state index contributed by atoms with van der Waals surface area (Å²) >= 11 is 0. The van der Waals surface area contributed by atoms with Crippen molar-refractivity contribution in [1.29, 1.82) is 0 Å². The van der Waals surface area contributed by atoms with Crippen molar-refractivity contribution in [2.24, 2.45) is 0 Å². The summed E-state index contributed by atoms with van der Waals surface area (Å²) in [5, 5.41) is 36.8. The molecule has 1 saturated carbocycles. The number of rotatable bonds is 0. The smallest absolute Gasteiger partial charge is 0.111 e. The Morgan fingerprint density at radius 1 is 1.27 bits per heavy atom. The molecule has 0 aromatic heterocycles. The fourth-order valence-electron chi connectivity index (χ4n) is 1.34. The van der Waals surface area contributed by atoms with Crippen LogP contribution >= 0.6 is 0 Å². The molecule has 4 N–H and O–H groups in total. The monoisotopic (exact) mass is 162 g/mol. The molecule has 1 fully saturated rings. The molecule has 0 aromatic rings. The molecule has 0 bridgehead atoms. The Morgan fingerprint density at radius 2 is 1.82 bits per heavy atom. The highest BCUT2D eigenvalue weighted by Gasteiger charge is 2.43. The normalized spacial score (nSPS) is 52.6. The molecule has 1 aliphatic carbocycles. The van der Waals surface area contributed by atoms with Gasteiger partial charge in [-0.05, 0) is 19.8 Å². The van der Waals surface area contributed by atoms with Crippen LogP contribution in [0.3, 0.4) is 0 Å². The van der Waals surface area contributed by atoms with Crippen LogP contribution in [0.4, 0.5) is 0 Å². The lowest BCUT2D eigenvalue weighted by molar-refractivity contribution is -0.177. The lowest BCUT2D eigenvalue weighted by Crippen LogP contribution is -2.55. The highest BCUT2D eigenvalue weighted by Crippen LogP contribution is 2.28. The first kappa shape index (κ1) is 8.93. The van der Waals surface area contributed by atoms with Crippen LogP contribution < -0.4 is 0 Å². The molecular formula is C7H14O4. The van der Waals surface area contributed by atoms with Crippen LogP contribution in [0.5, 0.6) is 0 Å². The van der Waals surface area contributed by atoms with Crippen molar-refractivity contribution in [3.05, 3.63) is 0 Å². The maximum atomic E-state index is 9.41. The molecular weight excluding hydrogens is 148 g/mol. The van der Waals surface area contributed by atoms with Crippen molar-refractivity contribution in [2.45, 2.75) is 43.7 Å². The van der Waals surface area contributed by atoms with Gasteiger partial charge in [-0.1, -0.05) is 0 Å². The van der Waals surface area contributed by atoms with Crippen molar-refractivity contribution < 1.29 is 20.4 Å². The first-order valence-corrected chi connectivity index (χ1v) is 3.72. The van der Waals surface area contributed by atoms with Gasteiger partial charge in [0.2, 0.25) is 0 Å². The maximum Gasteiger partial charge on any atom is 0.111 e. The minimum absolute atomic E-state index is 0.312. The summed E-state index contributed by atoms with van der Waals surface area (Å²) in [6, 6.07) is 0. The predicted molar refractivity (Wildman–Crippen MR) is 37.9 cm³/mol. The fraction of sp³-hybridized carbons (Fsp3) is 1.00. The third kappa shape index (κ3) is 1.54. The molecule has 0 aliphatic heterocycles. The van der Waals surface area contributed by atoms with Crippen LogP contribution in [0, 0.1) is 0 Å². The van der Waals surface area contributed by atoms with Gasteiger partial charge in [-0.25, -0.2) is 0 Å². The molecule has 0 saturated heterocycles. The molecule has 66 valence electrons. The van der Waals surface area contributed by atoms with Gasteiger partial charge in [0.15, 0.2) is 0 Å². The van der Waals surface area contributed by atoms with Gasteiger partial charge >= 0.3 is 0 Å². The zero-order chi connectivity index (χ0) is 8.65. The van der Waals surface area contributed by atoms with Crippen molar-refractivity contribution in [3.63, 3.8) is 0 Å². The van der Waals surface area contributed by atoms with E-state index in [0.717, 1.165) is 0 Å². The van der Waals surface area contributed by atoms with Crippen molar-refractivity contribution >= 4 is 0 Å². The van der Waals surface area contributed by atoms with Gasteiger partial charge in [-0.3, -0.25) is 0 Å². The second-order valence-corrected chi connectivity index (χ2v) is 3.40. The topological polar surface area (TPSA) is 80.9 Å². The van der Waals surface area contributed by atoms with Gasteiger partial charge < -0.3 is 20.4 Å². The first-order chi connectivity index (χ1) is 4.95. The average Bonchev–Trinajstić information content (AvgIpc) is 1.95. The van der Waals surface area contributed by atoms with Gasteiger partial charge in [0.05, 0.1) is 11.7 Å². The predicted octanol–water partition coefficient (Wildman–Crippen LogP) is -1.39. The van der Waals surface area contributed by atoms with E-state index in [4.69, 9.17) is 10.2 Å². The summed E-state index contributed by atoms with van der Waals surface area (Å²) in [5.74, 6) is 0. The maximum absolute atomic E-state index is 9.41. The van der Waals surface area contributed by atoms with Gasteiger partial charge in [0, 0.05) is 0 Å². The van der Waals surface area contributed by atoms with E-state index in [1.54, 1.807) is 0 Å². The highest BCUT2D eigenvalue weighted by atomic mass is 16.4. The van der Waals surface area contributed by atoms with Crippen LogP contribution in [0.15, 0.2) is 0 Å². The minimum Gasteiger partial charge on any atom is -0.390 e. The van der Waals surface area contributed by atoms with Crippen LogP contribution in [-0.4, -0.2) is 44.3 Å². The van der Waals surface area contributed by atoms with Crippen LogP contribution in [0.25, 0.3) is 0 Å². The largest absolute Gasteiger partial charge is 0.390 e. The van der Waals surface area contributed by atoms with E-state index >= 15 is 0 Å². The molecule has 1 rings (SSSR count). The molecule has 1 aliphatic rings. The van der Waals surface area contributed by atoms with Gasteiger partial charge in [-0.15, -0.1) is 0 Å². The van der Waals surface area contributed by atoms with Crippen molar-refractivity contribution in [1.82, 2.24) is 0 Å². The molecule has 11 heavy (non-hydrogen) atoms. The number of aliphatic hydroxyl groups excluding tert-OH is 3. The second kappa shape index (κ2) is 2.71. The third-order valence-electron chi connectivity index (χ3n) is 2.30. The summed E-state index contributed by atoms with van der Waals surface area (Å²) in [4.78, 5) is 0. The van der Waals surface area contributed by atoms with Gasteiger partial charge in [0.25, 0.3) is 0 Å². The third-order valence-corrected chi connectivity index (χ3v) is 2.30. The van der Waals surface area contributed by atoms with Crippen LogP contribution in [0.2, 0.25) is 0 Å². The van der Waals surface area contributed by atoms with E-state index < -0.39 is 23.9 Å². The highest BCUT2D eigenvalue weighted by molar-refractivity contribution is 4.95. The second-order valence-electron chi connectivity index (χ2n) is 3.40. The van der Waals surface area contributed by atoms with E-state index in [0.29, 0.717) is 12.8 Å². The Labute approximate surface area is 65.1 Å². The number of aliphatic hydroxyl groups is 4. The fourth-order valence-corrected chi connectivity index (χ4v) is 1.34. The summed E-state index contributed by atoms with van der Waals surface area (Å²) in [6.07, 6.45) is -2.74. The molecule has 4 nitrogen and oxygen atoms in total. The Morgan fingerprint density at radius 3 is 2.27 bits per heavy atom. The molecule has 0 aromatic carbocycles. The van der Waals surface area contributed by atoms with E-state index in [1.165, 1.54) is 6.92 Å². The zero-order valence-corrected chi connectivity index (χ0v) is 6.44. The summed E-state index contributed by atoms with van der Waals surface area (Å²) < 4.78 is 0. The van der Waals surface area contributed by atoms with Gasteiger partial charge in [0.1, 0.15) is 12.2 Å². The zero-order valence-electron chi connectivity index (χ0n) is 6.44. The van der Waals surface area contributed by atoms with E-state index in [2.05, 4.69) is 0 Å². The Bertz CT molecular complexity index is 145. The molecule has 0 radical (unpaired) electrons. The summed E-state index contributed by atoms with van der Waals surface area (Å²) in [7, 11) is 0. The molecule has 0 amide bonds. The van der Waals surface area contributed by atoms with Crippen molar-refractivity contribution in [3.8, 4) is 0 Å². The summed E-state index contributed by atoms with van der Waals surface area (Å²) in [5.41, 5.74) is -1.27. The van der Waals surface area contributed by atoms with E-state index in [1.807, 2.05) is 0 Å². The number of hydrogen-bond acceptors (Lipinski definition) is 4. The molecule has 4 unspecified atom stereocenters. The molecule has 4 atom stereocenters. The molecule has 0 heterocycles. The van der Waals surface area contributed by atoms with Gasteiger partial charge in [-0.2, -0.15) is 0 Å². The number of hydrogen-bond donors (Lipinski definition) is 4. The first-order valence-electron chi connectivity index (χ1n) is 3.72. The van der Waals surface area contributed by atoms with E-state index in [-0.39, 0.29) is 0 Å². The Hall–Kier alpha value is -0.160. The van der Waals surface area contributed by atoms with Crippen LogP contribution in [0.1, 0.15) is 19.8 Å². The van der Waals surface area contributed by atoms with E-state index in [9.17, 15) is 10.2 Å². The Kier molecular flexibility index (Phi) is 2.20. The molecule has 4 heteroatoms. The standard InChI is InChI=1S/C7H14O4/c1-7(11)3-2-4(8)5(9)6(7)10/h4-6,8-11H,2-3H2,1H3. The lowest BCUT2D eigenvalue weighted by atomic mass is 9.80. The SMILES string of the molecule is CC1(O)CCC(O)C(O)C1O. The van der Waals surface area contributed by atoms with Crippen molar-refractivity contribution in [2.75, 3.05) is 0 Å². The Balaban J connectivity index is 2.67. The summed E-state index contributed by atoms with van der Waals surface area (Å²) in [6.45, 7) is 1.45. The molecule has 0 spiro atoms. The average molecular weight is 162 g/mol. The minimum atomic E-state index is -1.27. The van der Waals surface area contributed by atoms with Crippen LogP contribution in [-0.2, 0) is 0 Å². The quantitative estimate of drug-likeness (QED) is 0.353. The lowest BCUT2D eigenvalue weighted by Gasteiger charge is -2.39.